The second-order valence-electron chi connectivity index (χ2n) is 15.1. The van der Waals surface area contributed by atoms with Crippen LogP contribution in [-0.2, 0) is 0 Å². The first kappa shape index (κ1) is 32.6. The molecule has 2 aliphatic rings. The van der Waals surface area contributed by atoms with Gasteiger partial charge in [0.2, 0.25) is 0 Å². The Hall–Kier alpha value is -7.63. The molecule has 0 aliphatic heterocycles. The molecular formula is C53H33N3O2. The fraction of sp³-hybridized carbons (Fsp3) is 0.0377. The first-order valence-electron chi connectivity index (χ1n) is 19.7. The average Bonchev–Trinajstić information content (AvgIpc) is 3.88. The van der Waals surface area contributed by atoms with Crippen molar-refractivity contribution in [2.75, 3.05) is 0 Å². The van der Waals surface area contributed by atoms with Crippen LogP contribution in [0, 0.1) is 11.8 Å². The predicted octanol–water partition coefficient (Wildman–Crippen LogP) is 13.8. The van der Waals surface area contributed by atoms with Crippen LogP contribution in [0.1, 0.15) is 5.82 Å². The summed E-state index contributed by atoms with van der Waals surface area (Å²) in [5, 5.41) is 6.39. The largest absolute Gasteiger partial charge is 0.456 e. The molecule has 0 bridgehead atoms. The predicted molar refractivity (Wildman–Crippen MR) is 236 cm³/mol. The number of benzene rings is 7. The van der Waals surface area contributed by atoms with Crippen LogP contribution in [0.4, 0.5) is 0 Å². The standard InChI is InChI=1S/C53H33N3O2/c1-2-11-32(12-3-1)34-21-24-35(25-22-34)51-54-52(39-26-23-33-13-4-5-14-36(33)29-39)56-53(55-51)43-18-10-20-46-48(43)42-28-27-38(31-47(42)57-46)44-30-37-15-6-7-16-40(37)50-49(44)41-17-8-9-19-45(41)58-50/h1-31,33,36H. The van der Waals surface area contributed by atoms with Gasteiger partial charge in [-0.05, 0) is 58.0 Å². The first-order valence-corrected chi connectivity index (χ1v) is 19.7. The minimum Gasteiger partial charge on any atom is -0.456 e. The Kier molecular flexibility index (Phi) is 7.29. The van der Waals surface area contributed by atoms with E-state index in [0.29, 0.717) is 23.4 Å². The van der Waals surface area contributed by atoms with Gasteiger partial charge in [0.05, 0.1) is 0 Å². The van der Waals surface area contributed by atoms with E-state index >= 15 is 0 Å². The molecule has 5 heteroatoms. The maximum atomic E-state index is 6.69. The van der Waals surface area contributed by atoms with Gasteiger partial charge < -0.3 is 8.83 Å². The molecule has 10 aromatic rings. The van der Waals surface area contributed by atoms with Crippen LogP contribution < -0.4 is 0 Å². The molecule has 2 aliphatic carbocycles. The van der Waals surface area contributed by atoms with Crippen molar-refractivity contribution in [2.24, 2.45) is 11.8 Å². The molecule has 3 aromatic heterocycles. The van der Waals surface area contributed by atoms with Crippen LogP contribution in [-0.4, -0.2) is 15.0 Å². The number of para-hydroxylation sites is 1. The average molecular weight is 744 g/mol. The number of fused-ring (bicyclic) bond motifs is 9. The summed E-state index contributed by atoms with van der Waals surface area (Å²) in [5.74, 6) is 2.44. The Morgan fingerprint density at radius 3 is 2.00 bits per heavy atom. The molecule has 2 unspecified atom stereocenters. The summed E-state index contributed by atoms with van der Waals surface area (Å²) in [7, 11) is 0. The van der Waals surface area contributed by atoms with Gasteiger partial charge in [0.25, 0.3) is 0 Å². The summed E-state index contributed by atoms with van der Waals surface area (Å²) >= 11 is 0. The van der Waals surface area contributed by atoms with Crippen LogP contribution in [0.2, 0.25) is 0 Å². The van der Waals surface area contributed by atoms with E-state index in [1.54, 1.807) is 0 Å². The Morgan fingerprint density at radius 1 is 0.414 bits per heavy atom. The van der Waals surface area contributed by atoms with Gasteiger partial charge in [-0.15, -0.1) is 0 Å². The van der Waals surface area contributed by atoms with Crippen molar-refractivity contribution in [2.45, 2.75) is 0 Å². The second-order valence-corrected chi connectivity index (χ2v) is 15.1. The molecule has 0 saturated heterocycles. The van der Waals surface area contributed by atoms with Crippen molar-refractivity contribution >= 4 is 60.2 Å². The molecule has 7 aromatic carbocycles. The first-order chi connectivity index (χ1) is 28.7. The molecule has 2 atom stereocenters. The van der Waals surface area contributed by atoms with Gasteiger partial charge in [-0.1, -0.05) is 158 Å². The van der Waals surface area contributed by atoms with Crippen molar-refractivity contribution in [3.63, 3.8) is 0 Å². The lowest BCUT2D eigenvalue weighted by Crippen LogP contribution is -2.12. The summed E-state index contributed by atoms with van der Waals surface area (Å²) in [5.41, 5.74) is 10.6. The Bertz CT molecular complexity index is 3400. The van der Waals surface area contributed by atoms with Gasteiger partial charge in [-0.3, -0.25) is 0 Å². The Labute approximate surface area is 333 Å². The molecular weight excluding hydrogens is 711 g/mol. The molecule has 0 amide bonds. The fourth-order valence-electron chi connectivity index (χ4n) is 8.79. The molecule has 0 N–H and O–H groups in total. The zero-order valence-corrected chi connectivity index (χ0v) is 31.2. The highest BCUT2D eigenvalue weighted by molar-refractivity contribution is 6.22. The van der Waals surface area contributed by atoms with Crippen LogP contribution in [0.25, 0.3) is 105 Å². The van der Waals surface area contributed by atoms with E-state index in [1.807, 2.05) is 30.3 Å². The smallest absolute Gasteiger partial charge is 0.164 e. The van der Waals surface area contributed by atoms with Crippen LogP contribution in [0.5, 0.6) is 0 Å². The number of furan rings is 2. The van der Waals surface area contributed by atoms with Crippen LogP contribution in [0.15, 0.2) is 197 Å². The fourth-order valence-corrected chi connectivity index (χ4v) is 8.79. The third kappa shape index (κ3) is 5.28. The number of hydrogen-bond acceptors (Lipinski definition) is 5. The quantitative estimate of drug-likeness (QED) is 0.176. The van der Waals surface area contributed by atoms with E-state index < -0.39 is 0 Å². The van der Waals surface area contributed by atoms with E-state index in [-0.39, 0.29) is 5.92 Å². The van der Waals surface area contributed by atoms with E-state index in [1.165, 1.54) is 0 Å². The van der Waals surface area contributed by atoms with Crippen molar-refractivity contribution < 1.29 is 8.83 Å². The number of hydrogen-bond donors (Lipinski definition) is 0. The van der Waals surface area contributed by atoms with E-state index in [2.05, 4.69) is 158 Å². The summed E-state index contributed by atoms with van der Waals surface area (Å²) < 4.78 is 13.2. The molecule has 3 heterocycles. The van der Waals surface area contributed by atoms with Gasteiger partial charge >= 0.3 is 0 Å². The molecule has 0 spiro atoms. The van der Waals surface area contributed by atoms with Gasteiger partial charge in [0.1, 0.15) is 22.3 Å². The minimum atomic E-state index is 0.248. The third-order valence-electron chi connectivity index (χ3n) is 11.7. The topological polar surface area (TPSA) is 65.0 Å². The van der Waals surface area contributed by atoms with Gasteiger partial charge in [0, 0.05) is 55.5 Å². The van der Waals surface area contributed by atoms with Gasteiger partial charge in [-0.2, -0.15) is 0 Å². The highest BCUT2D eigenvalue weighted by Gasteiger charge is 2.23. The molecule has 58 heavy (non-hydrogen) atoms. The number of rotatable bonds is 5. The van der Waals surface area contributed by atoms with Crippen molar-refractivity contribution in [3.05, 3.63) is 194 Å². The van der Waals surface area contributed by atoms with E-state index in [0.717, 1.165) is 93.6 Å². The number of allylic oxidation sites excluding steroid dienone is 8. The maximum absolute atomic E-state index is 6.69. The third-order valence-corrected chi connectivity index (χ3v) is 11.7. The summed E-state index contributed by atoms with van der Waals surface area (Å²) in [6.45, 7) is 0. The lowest BCUT2D eigenvalue weighted by molar-refractivity contribution is 0.662. The highest BCUT2D eigenvalue weighted by Crippen LogP contribution is 2.44. The Balaban J connectivity index is 1.02. The SMILES string of the molecule is C1=CC2C=CC(c3nc(-c4ccc(-c5ccccc5)cc4)nc(-c4cccc5oc6cc(-c7cc8ccccc8c8oc9ccccc9c78)ccc6c45)n3)=CC2C=C1. The molecule has 272 valence electrons. The molecule has 5 nitrogen and oxygen atoms in total. The van der Waals surface area contributed by atoms with Crippen molar-refractivity contribution in [1.82, 2.24) is 15.0 Å². The van der Waals surface area contributed by atoms with Crippen molar-refractivity contribution in [1.29, 1.82) is 0 Å². The lowest BCUT2D eigenvalue weighted by Gasteiger charge is -2.22. The van der Waals surface area contributed by atoms with Crippen LogP contribution >= 0.6 is 0 Å². The molecule has 0 saturated carbocycles. The molecule has 0 radical (unpaired) electrons. The Morgan fingerprint density at radius 2 is 1.10 bits per heavy atom. The van der Waals surface area contributed by atoms with Crippen LogP contribution in [0.3, 0.4) is 0 Å². The summed E-state index contributed by atoms with van der Waals surface area (Å²) in [6, 6.07) is 50.5. The number of aromatic nitrogens is 3. The minimum absolute atomic E-state index is 0.248. The molecule has 0 fully saturated rings. The van der Waals surface area contributed by atoms with Crippen molar-refractivity contribution in [3.8, 4) is 45.0 Å². The zero-order chi connectivity index (χ0) is 38.2. The second kappa shape index (κ2) is 13.0. The normalized spacial score (nSPS) is 16.2. The zero-order valence-electron chi connectivity index (χ0n) is 31.2. The lowest BCUT2D eigenvalue weighted by atomic mass is 9.83. The van der Waals surface area contributed by atoms with Gasteiger partial charge in [0.15, 0.2) is 17.5 Å². The van der Waals surface area contributed by atoms with Gasteiger partial charge in [-0.25, -0.2) is 15.0 Å². The van der Waals surface area contributed by atoms with E-state index in [4.69, 9.17) is 23.8 Å². The number of nitrogens with zero attached hydrogens (tertiary/aromatic N) is 3. The molecule has 12 rings (SSSR count). The summed E-state index contributed by atoms with van der Waals surface area (Å²) in [6.07, 6.45) is 15.4. The highest BCUT2D eigenvalue weighted by atomic mass is 16.3. The maximum Gasteiger partial charge on any atom is 0.164 e. The van der Waals surface area contributed by atoms with E-state index in [9.17, 15) is 0 Å². The summed E-state index contributed by atoms with van der Waals surface area (Å²) in [4.78, 5) is 15.5. The monoisotopic (exact) mass is 743 g/mol.